The predicted octanol–water partition coefficient (Wildman–Crippen LogP) is 5.09. The second-order valence-corrected chi connectivity index (χ2v) is 10.4. The van der Waals surface area contributed by atoms with Crippen LogP contribution in [0.2, 0.25) is 0 Å². The molecule has 1 aliphatic heterocycles. The van der Waals surface area contributed by atoms with Crippen LogP contribution in [0.15, 0.2) is 24.5 Å². The van der Waals surface area contributed by atoms with Crippen molar-refractivity contribution in [1.82, 2.24) is 20.3 Å². The molecule has 0 amide bonds. The number of fused-ring (bicyclic) bond motifs is 1. The normalized spacial score (nSPS) is 19.1. The summed E-state index contributed by atoms with van der Waals surface area (Å²) in [5.41, 5.74) is 2.38. The van der Waals surface area contributed by atoms with Crippen molar-refractivity contribution >= 4 is 27.4 Å². The van der Waals surface area contributed by atoms with Crippen molar-refractivity contribution in [2.45, 2.75) is 71.5 Å². The number of thiophene rings is 1. The van der Waals surface area contributed by atoms with Gasteiger partial charge in [0.15, 0.2) is 5.82 Å². The van der Waals surface area contributed by atoms with Crippen molar-refractivity contribution in [3.63, 3.8) is 0 Å². The van der Waals surface area contributed by atoms with E-state index in [1.165, 1.54) is 10.4 Å². The Bertz CT molecular complexity index is 991. The minimum Gasteiger partial charge on any atom is -0.367 e. The van der Waals surface area contributed by atoms with Crippen molar-refractivity contribution < 1.29 is 0 Å². The van der Waals surface area contributed by atoms with Crippen molar-refractivity contribution in [2.75, 3.05) is 5.32 Å². The van der Waals surface area contributed by atoms with Gasteiger partial charge in [-0.2, -0.15) is 0 Å². The van der Waals surface area contributed by atoms with E-state index < -0.39 is 0 Å². The van der Waals surface area contributed by atoms with Crippen LogP contribution < -0.4 is 10.6 Å². The number of hydrogen-bond acceptors (Lipinski definition) is 6. The number of aryl methyl sites for hydroxylation is 2. The van der Waals surface area contributed by atoms with Crippen molar-refractivity contribution in [3.05, 3.63) is 35.0 Å². The summed E-state index contributed by atoms with van der Waals surface area (Å²) in [4.78, 5) is 16.4. The quantitative estimate of drug-likeness (QED) is 0.647. The van der Waals surface area contributed by atoms with E-state index in [-0.39, 0.29) is 11.1 Å². The van der Waals surface area contributed by atoms with E-state index in [2.05, 4.69) is 57.2 Å². The molecule has 0 unspecified atom stereocenters. The maximum Gasteiger partial charge on any atom is 0.164 e. The topological polar surface area (TPSA) is 62.7 Å². The molecule has 6 heteroatoms. The van der Waals surface area contributed by atoms with Crippen molar-refractivity contribution in [2.24, 2.45) is 0 Å². The Morgan fingerprint density at radius 1 is 1.11 bits per heavy atom. The van der Waals surface area contributed by atoms with Gasteiger partial charge in [-0.05, 0) is 72.1 Å². The van der Waals surface area contributed by atoms with E-state index in [9.17, 15) is 0 Å². The molecule has 3 aromatic heterocycles. The van der Waals surface area contributed by atoms with Gasteiger partial charge in [0.05, 0.1) is 5.39 Å². The van der Waals surface area contributed by atoms with Gasteiger partial charge >= 0.3 is 0 Å². The second-order valence-electron chi connectivity index (χ2n) is 9.24. The van der Waals surface area contributed by atoms with Gasteiger partial charge in [0.25, 0.3) is 0 Å². The third-order valence-corrected chi connectivity index (χ3v) is 6.58. The molecular formula is C22H29N5S. The molecule has 28 heavy (non-hydrogen) atoms. The number of pyridine rings is 1. The van der Waals surface area contributed by atoms with Gasteiger partial charge in [-0.3, -0.25) is 4.98 Å². The molecule has 0 aromatic carbocycles. The predicted molar refractivity (Wildman–Crippen MR) is 118 cm³/mol. The van der Waals surface area contributed by atoms with Gasteiger partial charge in [0, 0.05) is 40.0 Å². The molecular weight excluding hydrogens is 366 g/mol. The first-order chi connectivity index (χ1) is 13.1. The Kier molecular flexibility index (Phi) is 4.67. The van der Waals surface area contributed by atoms with Gasteiger partial charge in [-0.1, -0.05) is 0 Å². The summed E-state index contributed by atoms with van der Waals surface area (Å²) in [6.45, 7) is 13.4. The van der Waals surface area contributed by atoms with Crippen LogP contribution in [-0.2, 0) is 0 Å². The van der Waals surface area contributed by atoms with Crippen LogP contribution >= 0.6 is 11.3 Å². The van der Waals surface area contributed by atoms with Gasteiger partial charge < -0.3 is 10.6 Å². The Hall–Kier alpha value is -2.05. The molecule has 0 aliphatic carbocycles. The number of nitrogens with one attached hydrogen (secondary N) is 2. The lowest BCUT2D eigenvalue weighted by atomic mass is 9.79. The highest BCUT2D eigenvalue weighted by molar-refractivity contribution is 7.18. The minimum absolute atomic E-state index is 0.0807. The van der Waals surface area contributed by atoms with Crippen LogP contribution in [0.25, 0.3) is 21.6 Å². The SMILES string of the molecule is Cc1sc2nc(-c3cccnc3)nc(NC3CC(C)(C)NC(C)(C)C3)c2c1C. The molecule has 0 bridgehead atoms. The van der Waals surface area contributed by atoms with Crippen LogP contribution in [0.3, 0.4) is 0 Å². The molecule has 0 radical (unpaired) electrons. The number of nitrogens with zero attached hydrogens (tertiary/aromatic N) is 3. The van der Waals surface area contributed by atoms with Crippen LogP contribution in [0.5, 0.6) is 0 Å². The highest BCUT2D eigenvalue weighted by atomic mass is 32.1. The minimum atomic E-state index is 0.0807. The summed E-state index contributed by atoms with van der Waals surface area (Å²) in [6.07, 6.45) is 5.70. The lowest BCUT2D eigenvalue weighted by Gasteiger charge is -2.46. The molecule has 1 fully saturated rings. The summed E-state index contributed by atoms with van der Waals surface area (Å²) >= 11 is 1.74. The third kappa shape index (κ3) is 3.76. The fourth-order valence-corrected chi connectivity index (χ4v) is 5.63. The smallest absolute Gasteiger partial charge is 0.164 e. The lowest BCUT2D eigenvalue weighted by molar-refractivity contribution is 0.170. The average molecular weight is 396 g/mol. The first-order valence-electron chi connectivity index (χ1n) is 9.88. The summed E-state index contributed by atoms with van der Waals surface area (Å²) in [5.74, 6) is 1.68. The van der Waals surface area contributed by atoms with E-state index in [4.69, 9.17) is 9.97 Å². The lowest BCUT2D eigenvalue weighted by Crippen LogP contribution is -2.60. The average Bonchev–Trinajstić information content (AvgIpc) is 2.87. The Morgan fingerprint density at radius 2 is 1.82 bits per heavy atom. The van der Waals surface area contributed by atoms with Crippen LogP contribution in [0.4, 0.5) is 5.82 Å². The molecule has 1 aliphatic rings. The van der Waals surface area contributed by atoms with Gasteiger partial charge in [0.2, 0.25) is 0 Å². The zero-order valence-electron chi connectivity index (χ0n) is 17.6. The molecule has 3 aromatic rings. The standard InChI is InChI=1S/C22H29N5S/c1-13-14(2)28-20-17(13)19(25-18(26-20)15-8-7-9-23-12-15)24-16-10-21(3,4)27-22(5,6)11-16/h7-9,12,16,27H,10-11H2,1-6H3,(H,24,25,26). The van der Waals surface area contributed by atoms with E-state index in [0.29, 0.717) is 6.04 Å². The highest BCUT2D eigenvalue weighted by Crippen LogP contribution is 2.37. The molecule has 0 atom stereocenters. The number of anilines is 1. The third-order valence-electron chi connectivity index (χ3n) is 5.48. The largest absolute Gasteiger partial charge is 0.367 e. The Morgan fingerprint density at radius 3 is 2.46 bits per heavy atom. The van der Waals surface area contributed by atoms with Crippen molar-refractivity contribution in [1.29, 1.82) is 0 Å². The summed E-state index contributed by atoms with van der Waals surface area (Å²) < 4.78 is 0. The van der Waals surface area contributed by atoms with Crippen LogP contribution in [-0.4, -0.2) is 32.1 Å². The summed E-state index contributed by atoms with van der Waals surface area (Å²) in [6, 6.07) is 4.30. The summed E-state index contributed by atoms with van der Waals surface area (Å²) in [7, 11) is 0. The van der Waals surface area contributed by atoms with E-state index in [1.54, 1.807) is 17.5 Å². The van der Waals surface area contributed by atoms with Crippen molar-refractivity contribution in [3.8, 4) is 11.4 Å². The Labute approximate surface area is 171 Å². The number of hydrogen-bond donors (Lipinski definition) is 2. The van der Waals surface area contributed by atoms with E-state index >= 15 is 0 Å². The zero-order chi connectivity index (χ0) is 20.1. The molecule has 4 rings (SSSR count). The van der Waals surface area contributed by atoms with Crippen LogP contribution in [0.1, 0.15) is 51.0 Å². The fourth-order valence-electron chi connectivity index (χ4n) is 4.60. The first kappa shape index (κ1) is 19.3. The molecule has 148 valence electrons. The monoisotopic (exact) mass is 395 g/mol. The molecule has 0 saturated carbocycles. The maximum absolute atomic E-state index is 4.96. The number of aromatic nitrogens is 3. The number of rotatable bonds is 3. The Balaban J connectivity index is 1.79. The zero-order valence-corrected chi connectivity index (χ0v) is 18.4. The molecule has 4 heterocycles. The second kappa shape index (κ2) is 6.78. The van der Waals surface area contributed by atoms with E-state index in [0.717, 1.165) is 40.3 Å². The highest BCUT2D eigenvalue weighted by Gasteiger charge is 2.38. The fraction of sp³-hybridized carbons (Fsp3) is 0.500. The van der Waals surface area contributed by atoms with E-state index in [1.807, 2.05) is 18.3 Å². The van der Waals surface area contributed by atoms with Gasteiger partial charge in [0.1, 0.15) is 10.6 Å². The van der Waals surface area contributed by atoms with Crippen LogP contribution in [0, 0.1) is 13.8 Å². The molecule has 5 nitrogen and oxygen atoms in total. The maximum atomic E-state index is 4.96. The van der Waals surface area contributed by atoms with Gasteiger partial charge in [-0.25, -0.2) is 9.97 Å². The van der Waals surface area contributed by atoms with Gasteiger partial charge in [-0.15, -0.1) is 11.3 Å². The number of piperidine rings is 1. The molecule has 2 N–H and O–H groups in total. The summed E-state index contributed by atoms with van der Waals surface area (Å²) in [5, 5.41) is 8.71. The molecule has 0 spiro atoms. The first-order valence-corrected chi connectivity index (χ1v) is 10.7. The molecule has 1 saturated heterocycles.